The lowest BCUT2D eigenvalue weighted by atomic mass is 9.92. The van der Waals surface area contributed by atoms with Crippen LogP contribution in [-0.4, -0.2) is 38.8 Å². The van der Waals surface area contributed by atoms with Gasteiger partial charge >= 0.3 is 0 Å². The summed E-state index contributed by atoms with van der Waals surface area (Å²) < 4.78 is 5.38. The highest BCUT2D eigenvalue weighted by atomic mass is 35.5. The van der Waals surface area contributed by atoms with Crippen molar-refractivity contribution in [3.63, 3.8) is 0 Å². The zero-order valence-corrected chi connectivity index (χ0v) is 10.9. The van der Waals surface area contributed by atoms with Gasteiger partial charge in [0, 0.05) is 20.1 Å². The normalized spacial score (nSPS) is 24.6. The molecular formula is C11H23ClN2O2. The van der Waals surface area contributed by atoms with Gasteiger partial charge in [-0.1, -0.05) is 12.8 Å². The number of ether oxygens (including phenoxy) is 1. The second-order valence-electron chi connectivity index (χ2n) is 4.09. The Morgan fingerprint density at radius 1 is 1.38 bits per heavy atom. The Kier molecular flexibility index (Phi) is 8.61. The molecule has 5 heteroatoms. The lowest BCUT2D eigenvalue weighted by Crippen LogP contribution is -2.46. The van der Waals surface area contributed by atoms with Crippen LogP contribution in [0.4, 0.5) is 0 Å². The third-order valence-corrected chi connectivity index (χ3v) is 2.95. The molecule has 0 heterocycles. The van der Waals surface area contributed by atoms with Gasteiger partial charge in [0.2, 0.25) is 5.91 Å². The molecular weight excluding hydrogens is 228 g/mol. The van der Waals surface area contributed by atoms with Gasteiger partial charge < -0.3 is 15.4 Å². The van der Waals surface area contributed by atoms with E-state index < -0.39 is 0 Å². The fourth-order valence-corrected chi connectivity index (χ4v) is 2.06. The van der Waals surface area contributed by atoms with E-state index in [1.807, 2.05) is 7.05 Å². The van der Waals surface area contributed by atoms with Crippen molar-refractivity contribution in [3.05, 3.63) is 0 Å². The molecule has 1 rings (SSSR count). The highest BCUT2D eigenvalue weighted by Crippen LogP contribution is 2.20. The number of amides is 1. The van der Waals surface area contributed by atoms with Crippen LogP contribution >= 0.6 is 12.4 Å². The fraction of sp³-hybridized carbons (Fsp3) is 0.909. The van der Waals surface area contributed by atoms with E-state index in [-0.39, 0.29) is 30.5 Å². The molecule has 2 N–H and O–H groups in total. The van der Waals surface area contributed by atoms with E-state index in [1.165, 1.54) is 12.8 Å². The second kappa shape index (κ2) is 8.79. The molecule has 96 valence electrons. The SMILES string of the molecule is CNCCC(=O)NC1CCCCC1OC.Cl. The Balaban J connectivity index is 0.00000225. The van der Waals surface area contributed by atoms with Crippen molar-refractivity contribution >= 4 is 18.3 Å². The van der Waals surface area contributed by atoms with Gasteiger partial charge in [0.15, 0.2) is 0 Å². The van der Waals surface area contributed by atoms with Crippen LogP contribution in [0.2, 0.25) is 0 Å². The summed E-state index contributed by atoms with van der Waals surface area (Å²) in [4.78, 5) is 11.5. The average Bonchev–Trinajstić information content (AvgIpc) is 2.27. The van der Waals surface area contributed by atoms with Crippen LogP contribution in [0.25, 0.3) is 0 Å². The number of carbonyl (C=O) groups excluding carboxylic acids is 1. The number of hydrogen-bond donors (Lipinski definition) is 2. The Morgan fingerprint density at radius 3 is 2.69 bits per heavy atom. The lowest BCUT2D eigenvalue weighted by Gasteiger charge is -2.31. The zero-order valence-electron chi connectivity index (χ0n) is 10.1. The Morgan fingerprint density at radius 2 is 2.06 bits per heavy atom. The van der Waals surface area contributed by atoms with Gasteiger partial charge in [-0.2, -0.15) is 0 Å². The number of hydrogen-bond acceptors (Lipinski definition) is 3. The van der Waals surface area contributed by atoms with E-state index in [9.17, 15) is 4.79 Å². The largest absolute Gasteiger partial charge is 0.379 e. The highest BCUT2D eigenvalue weighted by molar-refractivity contribution is 5.85. The number of rotatable bonds is 5. The van der Waals surface area contributed by atoms with Gasteiger partial charge in [0.25, 0.3) is 0 Å². The molecule has 4 nitrogen and oxygen atoms in total. The zero-order chi connectivity index (χ0) is 11.1. The topological polar surface area (TPSA) is 50.4 Å². The molecule has 0 radical (unpaired) electrons. The minimum Gasteiger partial charge on any atom is -0.379 e. The van der Waals surface area contributed by atoms with E-state index in [0.717, 1.165) is 19.4 Å². The molecule has 0 saturated heterocycles. The van der Waals surface area contributed by atoms with Crippen LogP contribution in [0.15, 0.2) is 0 Å². The second-order valence-corrected chi connectivity index (χ2v) is 4.09. The first-order valence-corrected chi connectivity index (χ1v) is 5.74. The highest BCUT2D eigenvalue weighted by Gasteiger charge is 2.25. The van der Waals surface area contributed by atoms with Gasteiger partial charge in [0.1, 0.15) is 0 Å². The quantitative estimate of drug-likeness (QED) is 0.768. The monoisotopic (exact) mass is 250 g/mol. The maximum absolute atomic E-state index is 11.5. The summed E-state index contributed by atoms with van der Waals surface area (Å²) in [6.45, 7) is 0.732. The first-order chi connectivity index (χ1) is 7.27. The van der Waals surface area contributed by atoms with Crippen molar-refractivity contribution < 1.29 is 9.53 Å². The molecule has 2 atom stereocenters. The average molecular weight is 251 g/mol. The molecule has 1 fully saturated rings. The van der Waals surface area contributed by atoms with E-state index in [1.54, 1.807) is 7.11 Å². The third kappa shape index (κ3) is 5.14. The number of halogens is 1. The number of carbonyl (C=O) groups is 1. The maximum atomic E-state index is 11.5. The molecule has 0 aromatic carbocycles. The Hall–Kier alpha value is -0.320. The van der Waals surface area contributed by atoms with Gasteiger partial charge in [-0.05, 0) is 19.9 Å². The predicted octanol–water partition coefficient (Wildman–Crippen LogP) is 1.09. The summed E-state index contributed by atoms with van der Waals surface area (Å²) in [5, 5.41) is 6.02. The maximum Gasteiger partial charge on any atom is 0.221 e. The number of methoxy groups -OCH3 is 1. The molecule has 16 heavy (non-hydrogen) atoms. The lowest BCUT2D eigenvalue weighted by molar-refractivity contribution is -0.123. The van der Waals surface area contributed by atoms with Gasteiger partial charge in [-0.25, -0.2) is 0 Å². The molecule has 1 amide bonds. The smallest absolute Gasteiger partial charge is 0.221 e. The van der Waals surface area contributed by atoms with Gasteiger partial charge in [-0.15, -0.1) is 12.4 Å². The van der Waals surface area contributed by atoms with Crippen LogP contribution in [0.1, 0.15) is 32.1 Å². The van der Waals surface area contributed by atoms with Crippen LogP contribution in [0, 0.1) is 0 Å². The molecule has 0 spiro atoms. The van der Waals surface area contributed by atoms with Crippen LogP contribution in [0.3, 0.4) is 0 Å². The van der Waals surface area contributed by atoms with Gasteiger partial charge in [-0.3, -0.25) is 4.79 Å². The summed E-state index contributed by atoms with van der Waals surface area (Å²) in [6, 6.07) is 0.216. The summed E-state index contributed by atoms with van der Waals surface area (Å²) >= 11 is 0. The standard InChI is InChI=1S/C11H22N2O2.ClH/c1-12-8-7-11(14)13-9-5-3-4-6-10(9)15-2;/h9-10,12H,3-8H2,1-2H3,(H,13,14);1H. The van der Waals surface area contributed by atoms with E-state index in [4.69, 9.17) is 4.74 Å². The minimum atomic E-state index is 0. The summed E-state index contributed by atoms with van der Waals surface area (Å²) in [6.07, 6.45) is 5.26. The van der Waals surface area contributed by atoms with E-state index >= 15 is 0 Å². The van der Waals surface area contributed by atoms with Crippen molar-refractivity contribution in [1.82, 2.24) is 10.6 Å². The molecule has 1 aliphatic rings. The summed E-state index contributed by atoms with van der Waals surface area (Å²) in [7, 11) is 3.58. The molecule has 1 aliphatic carbocycles. The van der Waals surface area contributed by atoms with Crippen LogP contribution < -0.4 is 10.6 Å². The fourth-order valence-electron chi connectivity index (χ4n) is 2.06. The summed E-state index contributed by atoms with van der Waals surface area (Å²) in [5.41, 5.74) is 0. The molecule has 0 bridgehead atoms. The Bertz CT molecular complexity index is 202. The number of nitrogens with one attached hydrogen (secondary N) is 2. The first-order valence-electron chi connectivity index (χ1n) is 5.74. The van der Waals surface area contributed by atoms with Crippen molar-refractivity contribution in [2.45, 2.75) is 44.2 Å². The van der Waals surface area contributed by atoms with Crippen molar-refractivity contribution in [2.75, 3.05) is 20.7 Å². The van der Waals surface area contributed by atoms with Crippen molar-refractivity contribution in [2.24, 2.45) is 0 Å². The predicted molar refractivity (Wildman–Crippen MR) is 67.0 cm³/mol. The molecule has 1 saturated carbocycles. The minimum absolute atomic E-state index is 0. The molecule has 0 aromatic heterocycles. The van der Waals surface area contributed by atoms with E-state index in [0.29, 0.717) is 6.42 Å². The Labute approximate surface area is 104 Å². The van der Waals surface area contributed by atoms with Gasteiger partial charge in [0.05, 0.1) is 12.1 Å². The molecule has 0 aliphatic heterocycles. The summed E-state index contributed by atoms with van der Waals surface area (Å²) in [5.74, 6) is 0.123. The first kappa shape index (κ1) is 15.7. The van der Waals surface area contributed by atoms with Crippen LogP contribution in [-0.2, 0) is 9.53 Å². The van der Waals surface area contributed by atoms with Crippen LogP contribution in [0.5, 0.6) is 0 Å². The van der Waals surface area contributed by atoms with E-state index in [2.05, 4.69) is 10.6 Å². The van der Waals surface area contributed by atoms with Crippen molar-refractivity contribution in [1.29, 1.82) is 0 Å². The molecule has 0 aromatic rings. The van der Waals surface area contributed by atoms with Crippen molar-refractivity contribution in [3.8, 4) is 0 Å². The molecule has 2 unspecified atom stereocenters. The third-order valence-electron chi connectivity index (χ3n) is 2.95.